The Kier molecular flexibility index (Phi) is 3.75. The van der Waals surface area contributed by atoms with Crippen LogP contribution in [0.5, 0.6) is 0 Å². The molecule has 0 amide bonds. The minimum atomic E-state index is -0.205. The lowest BCUT2D eigenvalue weighted by atomic mass is 10.3. The minimum Gasteiger partial charge on any atom is -0.379 e. The summed E-state index contributed by atoms with van der Waals surface area (Å²) < 4.78 is 13.8. The Labute approximate surface area is 111 Å². The van der Waals surface area contributed by atoms with Gasteiger partial charge in [-0.15, -0.1) is 11.3 Å². The molecule has 0 fully saturated rings. The second kappa shape index (κ2) is 5.09. The van der Waals surface area contributed by atoms with E-state index in [0.29, 0.717) is 0 Å². The van der Waals surface area contributed by atoms with Crippen LogP contribution in [0.1, 0.15) is 9.88 Å². The summed E-state index contributed by atoms with van der Waals surface area (Å²) in [4.78, 5) is 5.36. The maximum Gasteiger partial charge on any atom is 0.124 e. The molecule has 0 aliphatic heterocycles. The van der Waals surface area contributed by atoms with E-state index < -0.39 is 0 Å². The fraction of sp³-hybridized carbons (Fsp3) is 0.182. The van der Waals surface area contributed by atoms with Crippen LogP contribution >= 0.6 is 33.9 Å². The van der Waals surface area contributed by atoms with E-state index in [0.717, 1.165) is 20.8 Å². The fourth-order valence-corrected chi connectivity index (χ4v) is 2.70. The summed E-state index contributed by atoms with van der Waals surface area (Å²) in [7, 11) is 0. The molecule has 0 aliphatic carbocycles. The molecular weight excluding hydrogens is 338 g/mol. The zero-order valence-corrected chi connectivity index (χ0v) is 11.6. The first-order chi connectivity index (χ1) is 7.65. The lowest BCUT2D eigenvalue weighted by molar-refractivity contribution is 0.627. The van der Waals surface area contributed by atoms with Crippen LogP contribution in [0.15, 0.2) is 24.4 Å². The number of hydrogen-bond acceptors (Lipinski definition) is 3. The predicted octanol–water partition coefficient (Wildman–Crippen LogP) is 3.81. The van der Waals surface area contributed by atoms with E-state index in [-0.39, 0.29) is 5.82 Å². The zero-order valence-electron chi connectivity index (χ0n) is 8.63. The van der Waals surface area contributed by atoms with Crippen molar-refractivity contribution in [2.24, 2.45) is 0 Å². The minimum absolute atomic E-state index is 0.205. The number of anilines is 1. The van der Waals surface area contributed by atoms with Gasteiger partial charge in [-0.3, -0.25) is 0 Å². The van der Waals surface area contributed by atoms with Crippen LogP contribution in [0.25, 0.3) is 0 Å². The molecule has 2 nitrogen and oxygen atoms in total. The lowest BCUT2D eigenvalue weighted by Gasteiger charge is -2.06. The van der Waals surface area contributed by atoms with Gasteiger partial charge >= 0.3 is 0 Å². The first kappa shape index (κ1) is 11.8. The van der Waals surface area contributed by atoms with E-state index in [9.17, 15) is 4.39 Å². The van der Waals surface area contributed by atoms with Gasteiger partial charge < -0.3 is 5.32 Å². The molecule has 16 heavy (non-hydrogen) atoms. The highest BCUT2D eigenvalue weighted by molar-refractivity contribution is 14.1. The Morgan fingerprint density at radius 3 is 2.94 bits per heavy atom. The summed E-state index contributed by atoms with van der Waals surface area (Å²) in [5, 5.41) is 4.33. The van der Waals surface area contributed by atoms with Gasteiger partial charge in [0.05, 0.1) is 11.6 Å². The molecule has 2 rings (SSSR count). The summed E-state index contributed by atoms with van der Waals surface area (Å²) in [6, 6.07) is 4.73. The number of aryl methyl sites for hydroxylation is 1. The van der Waals surface area contributed by atoms with Gasteiger partial charge in [0, 0.05) is 20.3 Å². The van der Waals surface area contributed by atoms with Crippen molar-refractivity contribution < 1.29 is 4.39 Å². The first-order valence-electron chi connectivity index (χ1n) is 4.75. The van der Waals surface area contributed by atoms with Crippen molar-refractivity contribution in [3.8, 4) is 0 Å². The number of hydrogen-bond donors (Lipinski definition) is 1. The Bertz CT molecular complexity index is 498. The van der Waals surface area contributed by atoms with Crippen LogP contribution in [0.4, 0.5) is 10.1 Å². The summed E-state index contributed by atoms with van der Waals surface area (Å²) >= 11 is 3.79. The molecular formula is C11H10FIN2S. The summed E-state index contributed by atoms with van der Waals surface area (Å²) in [5.41, 5.74) is 0.952. The van der Waals surface area contributed by atoms with Gasteiger partial charge in [-0.25, -0.2) is 9.37 Å². The van der Waals surface area contributed by atoms with Gasteiger partial charge in [0.1, 0.15) is 5.82 Å². The molecule has 0 aliphatic rings. The molecule has 0 saturated carbocycles. The van der Waals surface area contributed by atoms with Crippen molar-refractivity contribution in [1.82, 2.24) is 4.98 Å². The maximum absolute atomic E-state index is 12.9. The number of aromatic nitrogens is 1. The Morgan fingerprint density at radius 1 is 1.50 bits per heavy atom. The number of nitrogens with zero attached hydrogens (tertiary/aromatic N) is 1. The predicted molar refractivity (Wildman–Crippen MR) is 73.3 cm³/mol. The molecule has 1 aromatic heterocycles. The topological polar surface area (TPSA) is 24.9 Å². The van der Waals surface area contributed by atoms with Crippen LogP contribution in [-0.2, 0) is 6.54 Å². The summed E-state index contributed by atoms with van der Waals surface area (Å²) in [5.74, 6) is -0.205. The van der Waals surface area contributed by atoms with Gasteiger partial charge in [-0.2, -0.15) is 0 Å². The van der Waals surface area contributed by atoms with Crippen molar-refractivity contribution in [1.29, 1.82) is 0 Å². The molecule has 1 aromatic carbocycles. The molecule has 0 atom stereocenters. The van der Waals surface area contributed by atoms with E-state index >= 15 is 0 Å². The number of thiazole rings is 1. The first-order valence-corrected chi connectivity index (χ1v) is 6.65. The van der Waals surface area contributed by atoms with Crippen molar-refractivity contribution in [3.05, 3.63) is 43.7 Å². The standard InChI is InChI=1S/C11H10FIN2S/c1-7-14-5-9(16-7)6-15-11-3-2-8(12)4-10(11)13/h2-5,15H,6H2,1H3. The lowest BCUT2D eigenvalue weighted by Crippen LogP contribution is -1.99. The quantitative estimate of drug-likeness (QED) is 0.854. The third kappa shape index (κ3) is 2.91. The molecule has 1 heterocycles. The third-order valence-corrected chi connectivity index (χ3v) is 3.86. The Morgan fingerprint density at radius 2 is 2.31 bits per heavy atom. The van der Waals surface area contributed by atoms with Crippen LogP contribution in [0, 0.1) is 16.3 Å². The van der Waals surface area contributed by atoms with Crippen LogP contribution < -0.4 is 5.32 Å². The highest BCUT2D eigenvalue weighted by atomic mass is 127. The molecule has 2 aromatic rings. The number of rotatable bonds is 3. The zero-order chi connectivity index (χ0) is 11.5. The Hall–Kier alpha value is -0.690. The van der Waals surface area contributed by atoms with Crippen LogP contribution in [0.2, 0.25) is 0 Å². The molecule has 0 spiro atoms. The van der Waals surface area contributed by atoms with E-state index in [4.69, 9.17) is 0 Å². The van der Waals surface area contributed by atoms with Gasteiger partial charge in [-0.05, 0) is 47.7 Å². The van der Waals surface area contributed by atoms with Crippen LogP contribution in [-0.4, -0.2) is 4.98 Å². The number of benzene rings is 1. The molecule has 84 valence electrons. The smallest absolute Gasteiger partial charge is 0.124 e. The van der Waals surface area contributed by atoms with Crippen molar-refractivity contribution >= 4 is 39.6 Å². The SMILES string of the molecule is Cc1ncc(CNc2ccc(F)cc2I)s1. The average molecular weight is 348 g/mol. The van der Waals surface area contributed by atoms with E-state index in [2.05, 4.69) is 32.9 Å². The normalized spacial score (nSPS) is 10.4. The van der Waals surface area contributed by atoms with Crippen molar-refractivity contribution in [3.63, 3.8) is 0 Å². The molecule has 0 bridgehead atoms. The van der Waals surface area contributed by atoms with E-state index in [1.807, 2.05) is 13.1 Å². The summed E-state index contributed by atoms with van der Waals surface area (Å²) in [6.45, 7) is 2.71. The maximum atomic E-state index is 12.9. The van der Waals surface area contributed by atoms with Crippen molar-refractivity contribution in [2.45, 2.75) is 13.5 Å². The number of nitrogens with one attached hydrogen (secondary N) is 1. The second-order valence-corrected chi connectivity index (χ2v) is 5.80. The number of halogens is 2. The highest BCUT2D eigenvalue weighted by Crippen LogP contribution is 2.20. The van der Waals surface area contributed by atoms with Gasteiger partial charge in [0.15, 0.2) is 0 Å². The summed E-state index contributed by atoms with van der Waals surface area (Å²) in [6.07, 6.45) is 1.86. The molecule has 0 saturated heterocycles. The average Bonchev–Trinajstić information content (AvgIpc) is 2.63. The monoisotopic (exact) mass is 348 g/mol. The van der Waals surface area contributed by atoms with E-state index in [1.54, 1.807) is 17.4 Å². The van der Waals surface area contributed by atoms with Crippen molar-refractivity contribution in [2.75, 3.05) is 5.32 Å². The highest BCUT2D eigenvalue weighted by Gasteiger charge is 2.02. The Balaban J connectivity index is 2.04. The van der Waals surface area contributed by atoms with Gasteiger partial charge in [0.25, 0.3) is 0 Å². The molecule has 0 radical (unpaired) electrons. The molecule has 5 heteroatoms. The second-order valence-electron chi connectivity index (χ2n) is 3.32. The van der Waals surface area contributed by atoms with Gasteiger partial charge in [-0.1, -0.05) is 0 Å². The molecule has 0 unspecified atom stereocenters. The molecule has 1 N–H and O–H groups in total. The van der Waals surface area contributed by atoms with Crippen LogP contribution in [0.3, 0.4) is 0 Å². The third-order valence-electron chi connectivity index (χ3n) is 2.05. The van der Waals surface area contributed by atoms with Gasteiger partial charge in [0.2, 0.25) is 0 Å². The largest absolute Gasteiger partial charge is 0.379 e. The fourth-order valence-electron chi connectivity index (χ4n) is 1.30. The van der Waals surface area contributed by atoms with E-state index in [1.165, 1.54) is 17.0 Å².